The van der Waals surface area contributed by atoms with Crippen LogP contribution in [0.2, 0.25) is 0 Å². The van der Waals surface area contributed by atoms with Crippen LogP contribution < -0.4 is 5.73 Å². The zero-order valence-electron chi connectivity index (χ0n) is 14.1. The maximum absolute atomic E-state index is 12.9. The molecule has 2 N–H and O–H groups in total. The molecular weight excluding hydrogens is 319 g/mol. The SMILES string of the molecule is CCOC1CC(N)(C(=O)N(C)Cc2ccc(F)cc2)C1(C)C.Cl. The maximum Gasteiger partial charge on any atom is 0.243 e. The summed E-state index contributed by atoms with van der Waals surface area (Å²) in [6.45, 7) is 6.91. The van der Waals surface area contributed by atoms with Crippen molar-refractivity contribution in [2.45, 2.75) is 45.4 Å². The van der Waals surface area contributed by atoms with Gasteiger partial charge in [-0.1, -0.05) is 26.0 Å². The molecule has 0 radical (unpaired) electrons. The largest absolute Gasteiger partial charge is 0.378 e. The number of carbonyl (C=O) groups excluding carboxylic acids is 1. The Kier molecular flexibility index (Phi) is 6.18. The second kappa shape index (κ2) is 7.16. The van der Waals surface area contributed by atoms with Crippen LogP contribution in [0.1, 0.15) is 32.8 Å². The molecule has 1 aromatic rings. The van der Waals surface area contributed by atoms with Crippen molar-refractivity contribution in [1.29, 1.82) is 0 Å². The van der Waals surface area contributed by atoms with Crippen molar-refractivity contribution in [3.05, 3.63) is 35.6 Å². The third kappa shape index (κ3) is 3.52. The minimum atomic E-state index is -0.915. The number of nitrogens with two attached hydrogens (primary N) is 1. The second-order valence-electron chi connectivity index (χ2n) is 6.63. The number of amides is 1. The molecule has 130 valence electrons. The van der Waals surface area contributed by atoms with Gasteiger partial charge in [0.05, 0.1) is 6.10 Å². The number of carbonyl (C=O) groups is 1. The van der Waals surface area contributed by atoms with Crippen molar-refractivity contribution in [2.75, 3.05) is 13.7 Å². The first-order valence-corrected chi connectivity index (χ1v) is 7.63. The molecule has 6 heteroatoms. The highest BCUT2D eigenvalue weighted by Gasteiger charge is 2.63. The van der Waals surface area contributed by atoms with Crippen LogP contribution in [0.3, 0.4) is 0 Å². The summed E-state index contributed by atoms with van der Waals surface area (Å²) in [5.41, 5.74) is 5.95. The number of halogens is 2. The van der Waals surface area contributed by atoms with E-state index < -0.39 is 11.0 Å². The summed E-state index contributed by atoms with van der Waals surface area (Å²) in [6, 6.07) is 6.14. The molecule has 0 spiro atoms. The Morgan fingerprint density at radius 3 is 2.43 bits per heavy atom. The Labute approximate surface area is 143 Å². The van der Waals surface area contributed by atoms with E-state index in [1.807, 2.05) is 20.8 Å². The molecule has 0 aromatic heterocycles. The molecule has 0 bridgehead atoms. The quantitative estimate of drug-likeness (QED) is 0.893. The molecule has 1 fully saturated rings. The molecular formula is C17H26ClFN2O2. The van der Waals surface area contributed by atoms with E-state index in [1.54, 1.807) is 24.1 Å². The fourth-order valence-electron chi connectivity index (χ4n) is 3.07. The summed E-state index contributed by atoms with van der Waals surface area (Å²) in [7, 11) is 1.73. The van der Waals surface area contributed by atoms with Gasteiger partial charge in [0.1, 0.15) is 11.4 Å². The summed E-state index contributed by atoms with van der Waals surface area (Å²) >= 11 is 0. The van der Waals surface area contributed by atoms with Crippen molar-refractivity contribution >= 4 is 18.3 Å². The van der Waals surface area contributed by atoms with Gasteiger partial charge in [-0.3, -0.25) is 4.79 Å². The molecule has 23 heavy (non-hydrogen) atoms. The molecule has 1 aliphatic carbocycles. The minimum Gasteiger partial charge on any atom is -0.378 e. The first kappa shape index (κ1) is 19.9. The van der Waals surface area contributed by atoms with Crippen molar-refractivity contribution in [2.24, 2.45) is 11.1 Å². The molecule has 0 saturated heterocycles. The van der Waals surface area contributed by atoms with Crippen molar-refractivity contribution in [1.82, 2.24) is 4.90 Å². The van der Waals surface area contributed by atoms with E-state index in [4.69, 9.17) is 10.5 Å². The van der Waals surface area contributed by atoms with Crippen LogP contribution in [0, 0.1) is 11.2 Å². The lowest BCUT2D eigenvalue weighted by molar-refractivity contribution is -0.178. The van der Waals surface area contributed by atoms with Gasteiger partial charge in [0.25, 0.3) is 0 Å². The standard InChI is InChI=1S/C17H25FN2O2.ClH/c1-5-22-14-10-17(19,16(14,2)3)15(21)20(4)11-12-6-8-13(18)9-7-12;/h6-9,14H,5,10-11,19H2,1-4H3;1H. The van der Waals surface area contributed by atoms with Gasteiger partial charge in [-0.05, 0) is 24.6 Å². The predicted molar refractivity (Wildman–Crippen MR) is 90.9 cm³/mol. The Morgan fingerprint density at radius 1 is 1.39 bits per heavy atom. The Hall–Kier alpha value is -1.17. The first-order valence-electron chi connectivity index (χ1n) is 7.63. The molecule has 2 unspecified atom stereocenters. The lowest BCUT2D eigenvalue weighted by Crippen LogP contribution is -2.75. The number of hydrogen-bond acceptors (Lipinski definition) is 3. The smallest absolute Gasteiger partial charge is 0.243 e. The molecule has 4 nitrogen and oxygen atoms in total. The number of benzene rings is 1. The predicted octanol–water partition coefficient (Wildman–Crippen LogP) is 2.74. The monoisotopic (exact) mass is 344 g/mol. The van der Waals surface area contributed by atoms with Crippen molar-refractivity contribution < 1.29 is 13.9 Å². The molecule has 1 saturated carbocycles. The van der Waals surface area contributed by atoms with Crippen molar-refractivity contribution in [3.63, 3.8) is 0 Å². The lowest BCUT2D eigenvalue weighted by Gasteiger charge is -2.58. The van der Waals surface area contributed by atoms with E-state index in [1.165, 1.54) is 12.1 Å². The van der Waals surface area contributed by atoms with Crippen LogP contribution in [-0.4, -0.2) is 36.1 Å². The van der Waals surface area contributed by atoms with Crippen LogP contribution in [0.5, 0.6) is 0 Å². The van der Waals surface area contributed by atoms with Gasteiger partial charge in [0.15, 0.2) is 0 Å². The fourth-order valence-corrected chi connectivity index (χ4v) is 3.07. The Balaban J connectivity index is 0.00000264. The Bertz CT molecular complexity index is 550. The molecule has 0 aliphatic heterocycles. The average molecular weight is 345 g/mol. The zero-order valence-corrected chi connectivity index (χ0v) is 15.0. The van der Waals surface area contributed by atoms with Gasteiger partial charge < -0.3 is 15.4 Å². The molecule has 1 amide bonds. The van der Waals surface area contributed by atoms with Gasteiger partial charge in [0.2, 0.25) is 5.91 Å². The summed E-state index contributed by atoms with van der Waals surface area (Å²) in [4.78, 5) is 14.4. The summed E-state index contributed by atoms with van der Waals surface area (Å²) < 4.78 is 18.6. The highest BCUT2D eigenvalue weighted by molar-refractivity contribution is 5.88. The first-order chi connectivity index (χ1) is 10.2. The fraction of sp³-hybridized carbons (Fsp3) is 0.588. The highest BCUT2D eigenvalue weighted by atomic mass is 35.5. The average Bonchev–Trinajstić information content (AvgIpc) is 2.48. The molecule has 2 rings (SSSR count). The summed E-state index contributed by atoms with van der Waals surface area (Å²) in [5, 5.41) is 0. The summed E-state index contributed by atoms with van der Waals surface area (Å²) in [6.07, 6.45) is 0.533. The van der Waals surface area contributed by atoms with Crippen molar-refractivity contribution in [3.8, 4) is 0 Å². The number of hydrogen-bond donors (Lipinski definition) is 1. The molecule has 0 heterocycles. The zero-order chi connectivity index (χ0) is 16.5. The van der Waals surface area contributed by atoms with Crippen LogP contribution in [-0.2, 0) is 16.1 Å². The number of rotatable bonds is 5. The highest BCUT2D eigenvalue weighted by Crippen LogP contribution is 2.50. The Morgan fingerprint density at radius 2 is 1.96 bits per heavy atom. The van der Waals surface area contributed by atoms with E-state index in [-0.39, 0.29) is 30.2 Å². The van der Waals surface area contributed by atoms with Gasteiger partial charge in [-0.15, -0.1) is 12.4 Å². The topological polar surface area (TPSA) is 55.6 Å². The van der Waals surface area contributed by atoms with Gasteiger partial charge in [-0.25, -0.2) is 4.39 Å². The third-order valence-corrected chi connectivity index (χ3v) is 4.89. The second-order valence-corrected chi connectivity index (χ2v) is 6.63. The van der Waals surface area contributed by atoms with Crippen LogP contribution in [0.4, 0.5) is 4.39 Å². The van der Waals surface area contributed by atoms with Crippen LogP contribution in [0.25, 0.3) is 0 Å². The van der Waals surface area contributed by atoms with Crippen LogP contribution in [0.15, 0.2) is 24.3 Å². The maximum atomic E-state index is 12.9. The van der Waals surface area contributed by atoms with E-state index in [2.05, 4.69) is 0 Å². The minimum absolute atomic E-state index is 0. The van der Waals surface area contributed by atoms with E-state index in [0.29, 0.717) is 19.6 Å². The molecule has 1 aromatic carbocycles. The molecule has 2 atom stereocenters. The van der Waals surface area contributed by atoms with Gasteiger partial charge in [0, 0.05) is 32.0 Å². The van der Waals surface area contributed by atoms with E-state index in [0.717, 1.165) is 5.56 Å². The molecule has 1 aliphatic rings. The number of nitrogens with zero attached hydrogens (tertiary/aromatic N) is 1. The number of ether oxygens (including phenoxy) is 1. The van der Waals surface area contributed by atoms with E-state index in [9.17, 15) is 9.18 Å². The summed E-state index contributed by atoms with van der Waals surface area (Å²) in [5.74, 6) is -0.384. The number of likely N-dealkylation sites (N-methyl/N-ethyl adjacent to an activating group) is 1. The lowest BCUT2D eigenvalue weighted by atomic mass is 9.54. The normalized spacial score (nSPS) is 25.2. The van der Waals surface area contributed by atoms with Crippen LogP contribution >= 0.6 is 12.4 Å². The van der Waals surface area contributed by atoms with Gasteiger partial charge in [-0.2, -0.15) is 0 Å². The van der Waals surface area contributed by atoms with Gasteiger partial charge >= 0.3 is 0 Å². The van der Waals surface area contributed by atoms with E-state index >= 15 is 0 Å². The third-order valence-electron chi connectivity index (χ3n) is 4.89.